The average Bonchev–Trinajstić information content (AvgIpc) is 2.88. The van der Waals surface area contributed by atoms with Crippen molar-refractivity contribution in [2.75, 3.05) is 13.6 Å². The molecule has 104 valence electrons. The smallest absolute Gasteiger partial charge is 0.263 e. The fourth-order valence-corrected chi connectivity index (χ4v) is 3.10. The predicted molar refractivity (Wildman–Crippen MR) is 76.6 cm³/mol. The molecule has 0 saturated heterocycles. The van der Waals surface area contributed by atoms with Gasteiger partial charge in [-0.2, -0.15) is 5.10 Å². The van der Waals surface area contributed by atoms with Crippen LogP contribution >= 0.6 is 11.3 Å². The fourth-order valence-electron chi connectivity index (χ4n) is 1.98. The molecule has 0 bridgehead atoms. The summed E-state index contributed by atoms with van der Waals surface area (Å²) in [5.41, 5.74) is 0.944. The molecule has 1 atom stereocenters. The van der Waals surface area contributed by atoms with Crippen molar-refractivity contribution in [2.24, 2.45) is 7.05 Å². The summed E-state index contributed by atoms with van der Waals surface area (Å²) in [6, 6.07) is 1.91. The van der Waals surface area contributed by atoms with Crippen LogP contribution in [0.25, 0.3) is 10.2 Å². The van der Waals surface area contributed by atoms with E-state index >= 15 is 0 Å². The zero-order valence-corrected chi connectivity index (χ0v) is 12.5. The molecule has 0 aliphatic rings. The first kappa shape index (κ1) is 14.0. The zero-order valence-electron chi connectivity index (χ0n) is 11.7. The van der Waals surface area contributed by atoms with E-state index in [0.717, 1.165) is 20.8 Å². The van der Waals surface area contributed by atoms with E-state index in [9.17, 15) is 9.90 Å². The largest absolute Gasteiger partial charge is 0.393 e. The summed E-state index contributed by atoms with van der Waals surface area (Å²) in [6.45, 7) is 4.23. The molecule has 2 aromatic rings. The topological polar surface area (TPSA) is 58.4 Å². The maximum atomic E-state index is 12.3. The first-order valence-corrected chi connectivity index (χ1v) is 7.08. The summed E-state index contributed by atoms with van der Waals surface area (Å²) < 4.78 is 1.81. The zero-order chi connectivity index (χ0) is 14.2. The molecule has 2 aromatic heterocycles. The minimum Gasteiger partial charge on any atom is -0.393 e. The molecule has 5 nitrogen and oxygen atoms in total. The van der Waals surface area contributed by atoms with E-state index in [1.807, 2.05) is 24.7 Å². The van der Waals surface area contributed by atoms with Crippen molar-refractivity contribution in [3.63, 3.8) is 0 Å². The first-order valence-electron chi connectivity index (χ1n) is 6.26. The lowest BCUT2D eigenvalue weighted by Crippen LogP contribution is -2.28. The van der Waals surface area contributed by atoms with Crippen molar-refractivity contribution < 1.29 is 9.90 Å². The van der Waals surface area contributed by atoms with Crippen LogP contribution in [-0.4, -0.2) is 45.4 Å². The van der Waals surface area contributed by atoms with Gasteiger partial charge >= 0.3 is 0 Å². The predicted octanol–water partition coefficient (Wildman–Crippen LogP) is 1.79. The third-order valence-corrected chi connectivity index (χ3v) is 4.33. The van der Waals surface area contributed by atoms with Crippen molar-refractivity contribution in [1.29, 1.82) is 0 Å². The van der Waals surface area contributed by atoms with Gasteiger partial charge in [-0.1, -0.05) is 0 Å². The molecule has 0 aromatic carbocycles. The van der Waals surface area contributed by atoms with Gasteiger partial charge in [0.2, 0.25) is 0 Å². The number of carbonyl (C=O) groups excluding carboxylic acids is 1. The quantitative estimate of drug-likeness (QED) is 0.929. The van der Waals surface area contributed by atoms with Crippen LogP contribution in [0.2, 0.25) is 0 Å². The molecule has 0 fully saturated rings. The summed E-state index contributed by atoms with van der Waals surface area (Å²) in [6.07, 6.45) is 0.206. The Bertz CT molecular complexity index is 566. The highest BCUT2D eigenvalue weighted by Crippen LogP contribution is 2.28. The number of fused-ring (bicyclic) bond motifs is 1. The van der Waals surface area contributed by atoms with Gasteiger partial charge < -0.3 is 10.0 Å². The van der Waals surface area contributed by atoms with Crippen LogP contribution < -0.4 is 0 Å². The third-order valence-electron chi connectivity index (χ3n) is 3.14. The number of rotatable bonds is 4. The van der Waals surface area contributed by atoms with Gasteiger partial charge in [-0.25, -0.2) is 0 Å². The number of carbonyl (C=O) groups is 1. The number of hydrogen-bond acceptors (Lipinski definition) is 4. The summed E-state index contributed by atoms with van der Waals surface area (Å²) >= 11 is 1.46. The van der Waals surface area contributed by atoms with Crippen molar-refractivity contribution >= 4 is 27.5 Å². The molecule has 0 aliphatic carbocycles. The van der Waals surface area contributed by atoms with Crippen LogP contribution in [0.15, 0.2) is 6.07 Å². The lowest BCUT2D eigenvalue weighted by atomic mass is 10.2. The Kier molecular flexibility index (Phi) is 3.91. The van der Waals surface area contributed by atoms with E-state index in [1.54, 1.807) is 18.9 Å². The number of aliphatic hydroxyl groups is 1. The maximum absolute atomic E-state index is 12.3. The lowest BCUT2D eigenvalue weighted by molar-refractivity contribution is 0.0773. The Hall–Kier alpha value is -1.40. The van der Waals surface area contributed by atoms with Crippen molar-refractivity contribution in [3.8, 4) is 0 Å². The molecular formula is C13H19N3O2S. The SMILES string of the molecule is Cc1nn(C)c2sc(C(=O)N(C)CCC(C)O)cc12. The molecule has 2 rings (SSSR count). The van der Waals surface area contributed by atoms with E-state index in [0.29, 0.717) is 13.0 Å². The Balaban J connectivity index is 2.19. The van der Waals surface area contributed by atoms with Gasteiger partial charge in [0, 0.05) is 26.0 Å². The highest BCUT2D eigenvalue weighted by molar-refractivity contribution is 7.20. The fraction of sp³-hybridized carbons (Fsp3) is 0.538. The van der Waals surface area contributed by atoms with Crippen LogP contribution in [0, 0.1) is 6.92 Å². The van der Waals surface area contributed by atoms with Gasteiger partial charge in [0.25, 0.3) is 5.91 Å². The second-order valence-electron chi connectivity index (χ2n) is 4.90. The average molecular weight is 281 g/mol. The highest BCUT2D eigenvalue weighted by Gasteiger charge is 2.18. The number of aryl methyl sites for hydroxylation is 2. The Morgan fingerprint density at radius 2 is 2.32 bits per heavy atom. The standard InChI is InChI=1S/C13H19N3O2S/c1-8(17)5-6-15(3)12(18)11-7-10-9(2)14-16(4)13(10)19-11/h7-8,17H,5-6H2,1-4H3. The number of nitrogens with zero attached hydrogens (tertiary/aromatic N) is 3. The van der Waals surface area contributed by atoms with E-state index in [2.05, 4.69) is 5.10 Å². The molecule has 19 heavy (non-hydrogen) atoms. The second kappa shape index (κ2) is 5.30. The summed E-state index contributed by atoms with van der Waals surface area (Å²) in [4.78, 5) is 15.7. The molecule has 0 aliphatic heterocycles. The van der Waals surface area contributed by atoms with Gasteiger partial charge in [-0.15, -0.1) is 11.3 Å². The minimum absolute atomic E-state index is 0.00116. The summed E-state index contributed by atoms with van der Waals surface area (Å²) in [7, 11) is 3.65. The van der Waals surface area contributed by atoms with Gasteiger partial charge in [-0.05, 0) is 26.3 Å². The maximum Gasteiger partial charge on any atom is 0.263 e. The lowest BCUT2D eigenvalue weighted by Gasteiger charge is -2.16. The molecule has 0 spiro atoms. The monoisotopic (exact) mass is 281 g/mol. The van der Waals surface area contributed by atoms with Crippen LogP contribution in [0.4, 0.5) is 0 Å². The van der Waals surface area contributed by atoms with E-state index in [4.69, 9.17) is 0 Å². The highest BCUT2D eigenvalue weighted by atomic mass is 32.1. The number of amides is 1. The number of thiophene rings is 1. The van der Waals surface area contributed by atoms with Crippen LogP contribution in [0.3, 0.4) is 0 Å². The molecule has 2 heterocycles. The van der Waals surface area contributed by atoms with Gasteiger partial charge in [0.05, 0.1) is 16.7 Å². The number of aromatic nitrogens is 2. The van der Waals surface area contributed by atoms with Gasteiger partial charge in [-0.3, -0.25) is 9.48 Å². The molecule has 0 radical (unpaired) electrons. The van der Waals surface area contributed by atoms with Crippen molar-refractivity contribution in [2.45, 2.75) is 26.4 Å². The summed E-state index contributed by atoms with van der Waals surface area (Å²) in [5, 5.41) is 14.6. The van der Waals surface area contributed by atoms with E-state index in [-0.39, 0.29) is 12.0 Å². The third kappa shape index (κ3) is 2.79. The summed E-state index contributed by atoms with van der Waals surface area (Å²) in [5.74, 6) is 0.00116. The first-order chi connectivity index (χ1) is 8.90. The number of hydrogen-bond donors (Lipinski definition) is 1. The van der Waals surface area contributed by atoms with Crippen molar-refractivity contribution in [3.05, 3.63) is 16.6 Å². The Morgan fingerprint density at radius 1 is 1.63 bits per heavy atom. The normalized spacial score (nSPS) is 12.9. The molecule has 6 heteroatoms. The Morgan fingerprint density at radius 3 is 2.89 bits per heavy atom. The molecule has 1 unspecified atom stereocenters. The van der Waals surface area contributed by atoms with Crippen molar-refractivity contribution in [1.82, 2.24) is 14.7 Å². The minimum atomic E-state index is -0.385. The van der Waals surface area contributed by atoms with E-state index < -0.39 is 0 Å². The number of aliphatic hydroxyl groups excluding tert-OH is 1. The Labute approximate surface area is 116 Å². The molecule has 1 N–H and O–H groups in total. The van der Waals surface area contributed by atoms with Crippen LogP contribution in [0.1, 0.15) is 28.7 Å². The molecule has 0 saturated carbocycles. The molecule has 1 amide bonds. The van der Waals surface area contributed by atoms with Gasteiger partial charge in [0.1, 0.15) is 4.83 Å². The van der Waals surface area contributed by atoms with Crippen LogP contribution in [-0.2, 0) is 7.05 Å². The second-order valence-corrected chi connectivity index (χ2v) is 5.93. The van der Waals surface area contributed by atoms with Gasteiger partial charge in [0.15, 0.2) is 0 Å². The molecular weight excluding hydrogens is 262 g/mol. The van der Waals surface area contributed by atoms with Crippen LogP contribution in [0.5, 0.6) is 0 Å². The van der Waals surface area contributed by atoms with E-state index in [1.165, 1.54) is 11.3 Å².